The van der Waals surface area contributed by atoms with E-state index in [4.69, 9.17) is 0 Å². The zero-order valence-electron chi connectivity index (χ0n) is 10.4. The van der Waals surface area contributed by atoms with Gasteiger partial charge in [-0.1, -0.05) is 5.21 Å². The Labute approximate surface area is 119 Å². The second-order valence-corrected chi connectivity index (χ2v) is 4.83. The van der Waals surface area contributed by atoms with Crippen LogP contribution in [0.25, 0.3) is 5.69 Å². The van der Waals surface area contributed by atoms with E-state index in [0.717, 1.165) is 5.69 Å². The standard InChI is InChI=1S/C13H11N5OS/c19-13(10-1-4-14-5-2-10)15-7-11-8-18(17-16-11)12-3-6-20-9-12/h1-6,8-9H,7H2,(H,15,19). The number of carbonyl (C=O) groups is 1. The minimum Gasteiger partial charge on any atom is -0.346 e. The van der Waals surface area contributed by atoms with Crippen molar-refractivity contribution in [3.05, 3.63) is 58.8 Å². The molecule has 3 heterocycles. The van der Waals surface area contributed by atoms with Gasteiger partial charge in [0.05, 0.1) is 18.4 Å². The molecule has 0 aliphatic carbocycles. The molecule has 0 spiro atoms. The van der Waals surface area contributed by atoms with Gasteiger partial charge in [-0.15, -0.1) is 5.10 Å². The van der Waals surface area contributed by atoms with Crippen molar-refractivity contribution in [2.45, 2.75) is 6.54 Å². The lowest BCUT2D eigenvalue weighted by molar-refractivity contribution is 0.0950. The molecule has 0 saturated heterocycles. The topological polar surface area (TPSA) is 72.7 Å². The van der Waals surface area contributed by atoms with Crippen LogP contribution in [-0.4, -0.2) is 25.9 Å². The van der Waals surface area contributed by atoms with Gasteiger partial charge in [-0.2, -0.15) is 11.3 Å². The number of thiophene rings is 1. The third-order valence-electron chi connectivity index (χ3n) is 2.68. The largest absolute Gasteiger partial charge is 0.346 e. The summed E-state index contributed by atoms with van der Waals surface area (Å²) in [5, 5.41) is 14.8. The van der Waals surface area contributed by atoms with Crippen LogP contribution in [0.4, 0.5) is 0 Å². The van der Waals surface area contributed by atoms with Crippen LogP contribution in [-0.2, 0) is 6.54 Å². The van der Waals surface area contributed by atoms with Crippen LogP contribution >= 0.6 is 11.3 Å². The van der Waals surface area contributed by atoms with E-state index in [1.165, 1.54) is 0 Å². The van der Waals surface area contributed by atoms with Crippen molar-refractivity contribution in [3.8, 4) is 5.69 Å². The van der Waals surface area contributed by atoms with Gasteiger partial charge in [0.25, 0.3) is 5.91 Å². The van der Waals surface area contributed by atoms with Crippen molar-refractivity contribution in [3.63, 3.8) is 0 Å². The van der Waals surface area contributed by atoms with Crippen molar-refractivity contribution in [2.24, 2.45) is 0 Å². The molecule has 0 atom stereocenters. The summed E-state index contributed by atoms with van der Waals surface area (Å²) in [4.78, 5) is 15.7. The Hall–Kier alpha value is -2.54. The van der Waals surface area contributed by atoms with E-state index in [-0.39, 0.29) is 5.91 Å². The van der Waals surface area contributed by atoms with Crippen LogP contribution < -0.4 is 5.32 Å². The molecule has 0 unspecified atom stereocenters. The Morgan fingerprint density at radius 2 is 2.15 bits per heavy atom. The summed E-state index contributed by atoms with van der Waals surface area (Å²) in [5.41, 5.74) is 2.25. The summed E-state index contributed by atoms with van der Waals surface area (Å²) in [5.74, 6) is -0.155. The molecule has 0 radical (unpaired) electrons. The van der Waals surface area contributed by atoms with Crippen molar-refractivity contribution in [1.29, 1.82) is 0 Å². The smallest absolute Gasteiger partial charge is 0.251 e. The Morgan fingerprint density at radius 1 is 1.30 bits per heavy atom. The molecule has 20 heavy (non-hydrogen) atoms. The van der Waals surface area contributed by atoms with Crippen molar-refractivity contribution >= 4 is 17.2 Å². The summed E-state index contributed by atoms with van der Waals surface area (Å²) in [6.07, 6.45) is 4.97. The van der Waals surface area contributed by atoms with Crippen molar-refractivity contribution in [2.75, 3.05) is 0 Å². The molecule has 3 aromatic heterocycles. The zero-order valence-corrected chi connectivity index (χ0v) is 11.2. The SMILES string of the molecule is O=C(NCc1cn(-c2ccsc2)nn1)c1ccncc1. The summed E-state index contributed by atoms with van der Waals surface area (Å²) in [6.45, 7) is 0.339. The average Bonchev–Trinajstić information content (AvgIpc) is 3.16. The van der Waals surface area contributed by atoms with Gasteiger partial charge in [0.1, 0.15) is 5.69 Å². The first kappa shape index (κ1) is 12.5. The van der Waals surface area contributed by atoms with E-state index >= 15 is 0 Å². The van der Waals surface area contributed by atoms with Gasteiger partial charge < -0.3 is 5.32 Å². The molecular formula is C13H11N5OS. The van der Waals surface area contributed by atoms with Crippen LogP contribution in [0.5, 0.6) is 0 Å². The van der Waals surface area contributed by atoms with Crippen LogP contribution in [0.2, 0.25) is 0 Å². The molecule has 3 rings (SSSR count). The lowest BCUT2D eigenvalue weighted by atomic mass is 10.2. The Bertz CT molecular complexity index is 693. The van der Waals surface area contributed by atoms with E-state index < -0.39 is 0 Å². The highest BCUT2D eigenvalue weighted by atomic mass is 32.1. The van der Waals surface area contributed by atoms with Gasteiger partial charge in [-0.05, 0) is 23.6 Å². The fraction of sp³-hybridized carbons (Fsp3) is 0.0769. The molecule has 0 aliphatic rings. The molecule has 3 aromatic rings. The highest BCUT2D eigenvalue weighted by molar-refractivity contribution is 7.08. The molecule has 1 N–H and O–H groups in total. The lowest BCUT2D eigenvalue weighted by Gasteiger charge is -2.01. The summed E-state index contributed by atoms with van der Waals surface area (Å²) < 4.78 is 1.68. The molecule has 7 heteroatoms. The van der Waals surface area contributed by atoms with Gasteiger partial charge >= 0.3 is 0 Å². The number of rotatable bonds is 4. The van der Waals surface area contributed by atoms with E-state index in [1.807, 2.05) is 16.8 Å². The zero-order chi connectivity index (χ0) is 13.8. The monoisotopic (exact) mass is 285 g/mol. The Kier molecular flexibility index (Phi) is 3.51. The minimum atomic E-state index is -0.155. The summed E-state index contributed by atoms with van der Waals surface area (Å²) >= 11 is 1.59. The van der Waals surface area contributed by atoms with Gasteiger partial charge in [-0.25, -0.2) is 4.68 Å². The van der Waals surface area contributed by atoms with Gasteiger partial charge in [0.15, 0.2) is 0 Å². The minimum absolute atomic E-state index is 0.155. The number of carbonyl (C=O) groups excluding carboxylic acids is 1. The van der Waals surface area contributed by atoms with Gasteiger partial charge in [0, 0.05) is 23.3 Å². The second kappa shape index (κ2) is 5.62. The van der Waals surface area contributed by atoms with Crippen LogP contribution in [0.15, 0.2) is 47.5 Å². The fourth-order valence-electron chi connectivity index (χ4n) is 1.67. The Morgan fingerprint density at radius 3 is 2.90 bits per heavy atom. The van der Waals surface area contributed by atoms with Gasteiger partial charge in [-0.3, -0.25) is 9.78 Å². The third kappa shape index (κ3) is 2.72. The first-order valence-electron chi connectivity index (χ1n) is 5.95. The average molecular weight is 285 g/mol. The number of hydrogen-bond donors (Lipinski definition) is 1. The molecule has 1 amide bonds. The maximum absolute atomic E-state index is 11.9. The summed E-state index contributed by atoms with van der Waals surface area (Å²) in [7, 11) is 0. The normalized spacial score (nSPS) is 10.4. The van der Waals surface area contributed by atoms with E-state index in [9.17, 15) is 4.79 Å². The highest BCUT2D eigenvalue weighted by Crippen LogP contribution is 2.10. The third-order valence-corrected chi connectivity index (χ3v) is 3.35. The maximum atomic E-state index is 11.9. The molecule has 0 aromatic carbocycles. The van der Waals surface area contributed by atoms with Crippen molar-refractivity contribution in [1.82, 2.24) is 25.3 Å². The fourth-order valence-corrected chi connectivity index (χ4v) is 2.29. The number of amides is 1. The van der Waals surface area contributed by atoms with Gasteiger partial charge in [0.2, 0.25) is 0 Å². The van der Waals surface area contributed by atoms with E-state index in [2.05, 4.69) is 20.6 Å². The molecule has 0 saturated carbocycles. The highest BCUT2D eigenvalue weighted by Gasteiger charge is 2.07. The first-order valence-corrected chi connectivity index (χ1v) is 6.89. The molecule has 6 nitrogen and oxygen atoms in total. The number of pyridine rings is 1. The predicted molar refractivity (Wildman–Crippen MR) is 74.6 cm³/mol. The van der Waals surface area contributed by atoms with Crippen LogP contribution in [0.1, 0.15) is 16.1 Å². The number of hydrogen-bond acceptors (Lipinski definition) is 5. The molecule has 0 aliphatic heterocycles. The molecule has 0 bridgehead atoms. The quantitative estimate of drug-likeness (QED) is 0.791. The molecular weight excluding hydrogens is 274 g/mol. The number of nitrogens with zero attached hydrogens (tertiary/aromatic N) is 4. The first-order chi connectivity index (χ1) is 9.83. The Balaban J connectivity index is 1.63. The van der Waals surface area contributed by atoms with E-state index in [0.29, 0.717) is 17.8 Å². The van der Waals surface area contributed by atoms with E-state index in [1.54, 1.807) is 46.7 Å². The molecule has 100 valence electrons. The lowest BCUT2D eigenvalue weighted by Crippen LogP contribution is -2.22. The number of nitrogens with one attached hydrogen (secondary N) is 1. The number of aromatic nitrogens is 4. The second-order valence-electron chi connectivity index (χ2n) is 4.05. The van der Waals surface area contributed by atoms with Crippen LogP contribution in [0, 0.1) is 0 Å². The maximum Gasteiger partial charge on any atom is 0.251 e. The van der Waals surface area contributed by atoms with Crippen molar-refractivity contribution < 1.29 is 4.79 Å². The summed E-state index contributed by atoms with van der Waals surface area (Å²) in [6, 6.07) is 5.29. The molecule has 0 fully saturated rings. The van der Waals surface area contributed by atoms with Crippen LogP contribution in [0.3, 0.4) is 0 Å². The predicted octanol–water partition coefficient (Wildman–Crippen LogP) is 1.65.